The maximum Gasteiger partial charge on any atom is 0.251 e. The normalized spacial score (nSPS) is 17.4. The zero-order valence-corrected chi connectivity index (χ0v) is 14.6. The van der Waals surface area contributed by atoms with E-state index in [9.17, 15) is 9.90 Å². The summed E-state index contributed by atoms with van der Waals surface area (Å²) in [7, 11) is 0. The molecule has 1 saturated heterocycles. The third-order valence-corrected chi connectivity index (χ3v) is 4.75. The lowest BCUT2D eigenvalue weighted by Gasteiger charge is -2.31. The van der Waals surface area contributed by atoms with Crippen LogP contribution in [-0.4, -0.2) is 57.7 Å². The molecule has 0 spiro atoms. The molecule has 1 fully saturated rings. The first-order valence-corrected chi connectivity index (χ1v) is 8.89. The number of aliphatic hydroxyl groups excluding tert-OH is 1. The Hall–Kier alpha value is -2.18. The number of likely N-dealkylation sites (tertiary alicyclic amines) is 1. The number of nitrogens with zero attached hydrogens (tertiary/aromatic N) is 3. The Morgan fingerprint density at radius 3 is 2.92 bits per heavy atom. The molecule has 6 heteroatoms. The van der Waals surface area contributed by atoms with Gasteiger partial charge in [-0.3, -0.25) is 4.79 Å². The Morgan fingerprint density at radius 2 is 2.20 bits per heavy atom. The largest absolute Gasteiger partial charge is 0.390 e. The van der Waals surface area contributed by atoms with Crippen molar-refractivity contribution in [1.82, 2.24) is 19.8 Å². The van der Waals surface area contributed by atoms with Gasteiger partial charge in [0.05, 0.1) is 12.4 Å². The molecule has 134 valence electrons. The average Bonchev–Trinajstić information content (AvgIpc) is 3.16. The average molecular weight is 342 g/mol. The van der Waals surface area contributed by atoms with E-state index < -0.39 is 6.10 Å². The van der Waals surface area contributed by atoms with Crippen LogP contribution in [0.5, 0.6) is 0 Å². The molecule has 1 amide bonds. The van der Waals surface area contributed by atoms with Gasteiger partial charge in [0.25, 0.3) is 5.91 Å². The van der Waals surface area contributed by atoms with Crippen LogP contribution in [0.15, 0.2) is 43.0 Å². The molecule has 1 aliphatic rings. The number of benzene rings is 1. The maximum atomic E-state index is 12.3. The van der Waals surface area contributed by atoms with E-state index in [1.165, 1.54) is 12.8 Å². The van der Waals surface area contributed by atoms with Crippen molar-refractivity contribution >= 4 is 5.91 Å². The first kappa shape index (κ1) is 17.6. The summed E-state index contributed by atoms with van der Waals surface area (Å²) >= 11 is 0. The first-order chi connectivity index (χ1) is 12.1. The first-order valence-electron chi connectivity index (χ1n) is 8.89. The molecule has 0 radical (unpaired) electrons. The second kappa shape index (κ2) is 8.27. The van der Waals surface area contributed by atoms with Gasteiger partial charge in [-0.2, -0.15) is 0 Å². The highest BCUT2D eigenvalue weighted by molar-refractivity contribution is 5.94. The van der Waals surface area contributed by atoms with Crippen LogP contribution in [0.25, 0.3) is 5.69 Å². The highest BCUT2D eigenvalue weighted by Gasteiger charge is 2.18. The number of piperidine rings is 1. The van der Waals surface area contributed by atoms with E-state index in [-0.39, 0.29) is 12.5 Å². The highest BCUT2D eigenvalue weighted by Crippen LogP contribution is 2.16. The summed E-state index contributed by atoms with van der Waals surface area (Å²) in [6, 6.07) is 7.35. The van der Waals surface area contributed by atoms with Gasteiger partial charge >= 0.3 is 0 Å². The minimum absolute atomic E-state index is 0.173. The van der Waals surface area contributed by atoms with Gasteiger partial charge < -0.3 is 19.9 Å². The van der Waals surface area contributed by atoms with Crippen molar-refractivity contribution in [3.05, 3.63) is 48.5 Å². The van der Waals surface area contributed by atoms with Crippen molar-refractivity contribution in [3.8, 4) is 5.69 Å². The molecule has 2 heterocycles. The van der Waals surface area contributed by atoms with Crippen LogP contribution < -0.4 is 5.32 Å². The van der Waals surface area contributed by atoms with Gasteiger partial charge in [0.15, 0.2) is 0 Å². The lowest BCUT2D eigenvalue weighted by atomic mass is 9.99. The van der Waals surface area contributed by atoms with Gasteiger partial charge in [0.2, 0.25) is 0 Å². The van der Waals surface area contributed by atoms with E-state index >= 15 is 0 Å². The van der Waals surface area contributed by atoms with Crippen molar-refractivity contribution in [2.45, 2.75) is 25.9 Å². The van der Waals surface area contributed by atoms with Crippen molar-refractivity contribution < 1.29 is 9.90 Å². The van der Waals surface area contributed by atoms with Gasteiger partial charge in [0, 0.05) is 36.7 Å². The predicted octanol–water partition coefficient (Wildman–Crippen LogP) is 1.69. The molecule has 3 rings (SSSR count). The van der Waals surface area contributed by atoms with Crippen LogP contribution in [0.1, 0.15) is 30.1 Å². The highest BCUT2D eigenvalue weighted by atomic mass is 16.3. The second-order valence-corrected chi connectivity index (χ2v) is 6.87. The van der Waals surface area contributed by atoms with Gasteiger partial charge in [-0.05, 0) is 50.0 Å². The summed E-state index contributed by atoms with van der Waals surface area (Å²) in [5, 5.41) is 13.0. The molecule has 25 heavy (non-hydrogen) atoms. The molecular weight excluding hydrogens is 316 g/mol. The second-order valence-electron chi connectivity index (χ2n) is 6.87. The SMILES string of the molecule is CC1CCN(CC(O)CNC(=O)c2cccc(-n3ccnc3)c2)CC1. The van der Waals surface area contributed by atoms with E-state index in [0.717, 1.165) is 24.7 Å². The molecule has 1 aromatic heterocycles. The number of β-amino-alcohol motifs (C(OH)–C–C–N with tert-alkyl or cyclic N) is 1. The van der Waals surface area contributed by atoms with E-state index in [0.29, 0.717) is 12.1 Å². The summed E-state index contributed by atoms with van der Waals surface area (Å²) in [5.41, 5.74) is 1.46. The summed E-state index contributed by atoms with van der Waals surface area (Å²) < 4.78 is 1.85. The van der Waals surface area contributed by atoms with Crippen LogP contribution in [0.4, 0.5) is 0 Å². The molecule has 2 N–H and O–H groups in total. The number of hydrogen-bond acceptors (Lipinski definition) is 4. The van der Waals surface area contributed by atoms with Crippen molar-refractivity contribution in [2.24, 2.45) is 5.92 Å². The van der Waals surface area contributed by atoms with Gasteiger partial charge in [-0.1, -0.05) is 13.0 Å². The number of nitrogens with one attached hydrogen (secondary N) is 1. The van der Waals surface area contributed by atoms with Crippen molar-refractivity contribution in [2.75, 3.05) is 26.2 Å². The molecule has 0 aliphatic carbocycles. The molecule has 6 nitrogen and oxygen atoms in total. The predicted molar refractivity (Wildman–Crippen MR) is 96.7 cm³/mol. The van der Waals surface area contributed by atoms with E-state index in [1.54, 1.807) is 18.6 Å². The molecule has 0 saturated carbocycles. The molecule has 1 aliphatic heterocycles. The topological polar surface area (TPSA) is 70.4 Å². The fourth-order valence-corrected chi connectivity index (χ4v) is 3.14. The molecule has 1 atom stereocenters. The van der Waals surface area contributed by atoms with Gasteiger partial charge in [0.1, 0.15) is 0 Å². The smallest absolute Gasteiger partial charge is 0.251 e. The Bertz CT molecular complexity index is 678. The zero-order valence-electron chi connectivity index (χ0n) is 14.6. The van der Waals surface area contributed by atoms with Crippen LogP contribution >= 0.6 is 0 Å². The number of aliphatic hydroxyl groups is 1. The number of hydrogen-bond donors (Lipinski definition) is 2. The third kappa shape index (κ3) is 4.90. The van der Waals surface area contributed by atoms with Gasteiger partial charge in [-0.15, -0.1) is 0 Å². The fourth-order valence-electron chi connectivity index (χ4n) is 3.14. The monoisotopic (exact) mass is 342 g/mol. The Morgan fingerprint density at radius 1 is 1.40 bits per heavy atom. The number of rotatable bonds is 6. The van der Waals surface area contributed by atoms with E-state index in [2.05, 4.69) is 22.1 Å². The number of carbonyl (C=O) groups is 1. The zero-order chi connectivity index (χ0) is 17.6. The Labute approximate surface area is 148 Å². The molecular formula is C19H26N4O2. The van der Waals surface area contributed by atoms with E-state index in [4.69, 9.17) is 0 Å². The number of imidazole rings is 1. The molecule has 2 aromatic rings. The quantitative estimate of drug-likeness (QED) is 0.838. The van der Waals surface area contributed by atoms with Gasteiger partial charge in [-0.25, -0.2) is 4.98 Å². The summed E-state index contributed by atoms with van der Waals surface area (Å²) in [6.07, 6.45) is 7.04. The number of amides is 1. The van der Waals surface area contributed by atoms with Crippen molar-refractivity contribution in [1.29, 1.82) is 0 Å². The lowest BCUT2D eigenvalue weighted by molar-refractivity contribution is 0.0795. The minimum atomic E-state index is -0.547. The molecule has 0 bridgehead atoms. The lowest BCUT2D eigenvalue weighted by Crippen LogP contribution is -2.43. The van der Waals surface area contributed by atoms with Crippen LogP contribution in [0.2, 0.25) is 0 Å². The van der Waals surface area contributed by atoms with Crippen LogP contribution in [0.3, 0.4) is 0 Å². The molecule has 1 unspecified atom stereocenters. The number of carbonyl (C=O) groups excluding carboxylic acids is 1. The minimum Gasteiger partial charge on any atom is -0.390 e. The Balaban J connectivity index is 1.50. The molecule has 1 aromatic carbocycles. The Kier molecular flexibility index (Phi) is 5.83. The summed E-state index contributed by atoms with van der Waals surface area (Å²) in [5.74, 6) is 0.601. The van der Waals surface area contributed by atoms with Crippen LogP contribution in [-0.2, 0) is 0 Å². The number of aromatic nitrogens is 2. The standard InChI is InChI=1S/C19H26N4O2/c1-15-5-8-22(9-6-15)13-18(24)12-21-19(25)16-3-2-4-17(11-16)23-10-7-20-14-23/h2-4,7,10-11,14-15,18,24H,5-6,8-9,12-13H2,1H3,(H,21,25). The fraction of sp³-hybridized carbons (Fsp3) is 0.474. The third-order valence-electron chi connectivity index (χ3n) is 4.75. The maximum absolute atomic E-state index is 12.3. The summed E-state index contributed by atoms with van der Waals surface area (Å²) in [6.45, 7) is 5.20. The summed E-state index contributed by atoms with van der Waals surface area (Å²) in [4.78, 5) is 18.6. The van der Waals surface area contributed by atoms with Crippen LogP contribution in [0, 0.1) is 5.92 Å². The van der Waals surface area contributed by atoms with Crippen molar-refractivity contribution in [3.63, 3.8) is 0 Å². The van der Waals surface area contributed by atoms with E-state index in [1.807, 2.05) is 29.0 Å².